The number of hydrogen-bond donors (Lipinski definition) is 1. The smallest absolute Gasteiger partial charge is 0.255 e. The lowest BCUT2D eigenvalue weighted by atomic mass is 10.1. The van der Waals surface area contributed by atoms with Crippen molar-refractivity contribution in [2.24, 2.45) is 0 Å². The van der Waals surface area contributed by atoms with Crippen LogP contribution in [0.1, 0.15) is 28.8 Å². The minimum Gasteiger partial charge on any atom is -0.322 e. The Hall–Kier alpha value is -1.45. The van der Waals surface area contributed by atoms with E-state index in [1.54, 1.807) is 19.1 Å². The van der Waals surface area contributed by atoms with Crippen LogP contribution in [-0.2, 0) is 10.0 Å². The summed E-state index contributed by atoms with van der Waals surface area (Å²) in [6, 6.07) is 12.2. The number of nitrogens with one attached hydrogen (secondary N) is 1. The van der Waals surface area contributed by atoms with E-state index in [9.17, 15) is 13.2 Å². The van der Waals surface area contributed by atoms with Gasteiger partial charge in [0.25, 0.3) is 5.91 Å². The summed E-state index contributed by atoms with van der Waals surface area (Å²) in [5, 5.41) is 2.80. The number of nitrogens with zero attached hydrogens (tertiary/aromatic N) is 1. The zero-order chi connectivity index (χ0) is 18.0. The van der Waals surface area contributed by atoms with Crippen molar-refractivity contribution in [3.8, 4) is 0 Å². The molecule has 1 fully saturated rings. The monoisotopic (exact) mass is 470 g/mol. The first-order valence-electron chi connectivity index (χ1n) is 8.05. The molecule has 3 rings (SSSR count). The molecule has 0 bridgehead atoms. The molecule has 1 saturated heterocycles. The standard InChI is InChI=1S/C18H19IN2O3S/c1-13-4-5-14(18(22)20-16-8-6-15(19)7-9-16)12-17(13)25(23,24)21-10-2-3-11-21/h4-9,12H,2-3,10-11H2,1H3,(H,20,22). The highest BCUT2D eigenvalue weighted by Crippen LogP contribution is 2.25. The second-order valence-corrected chi connectivity index (χ2v) is 9.20. The van der Waals surface area contributed by atoms with E-state index in [1.165, 1.54) is 10.4 Å². The van der Waals surface area contributed by atoms with Gasteiger partial charge in [-0.15, -0.1) is 0 Å². The summed E-state index contributed by atoms with van der Waals surface area (Å²) < 4.78 is 28.2. The van der Waals surface area contributed by atoms with Gasteiger partial charge in [0, 0.05) is 27.9 Å². The van der Waals surface area contributed by atoms with E-state index in [4.69, 9.17) is 0 Å². The average molecular weight is 470 g/mol. The second-order valence-electron chi connectivity index (χ2n) is 6.05. The van der Waals surface area contributed by atoms with E-state index in [2.05, 4.69) is 27.9 Å². The van der Waals surface area contributed by atoms with Gasteiger partial charge in [0.05, 0.1) is 4.90 Å². The fourth-order valence-corrected chi connectivity index (χ4v) is 4.95. The van der Waals surface area contributed by atoms with Crippen LogP contribution in [0.5, 0.6) is 0 Å². The molecule has 1 aliphatic heterocycles. The summed E-state index contributed by atoms with van der Waals surface area (Å²) in [5.41, 5.74) is 1.66. The van der Waals surface area contributed by atoms with Crippen molar-refractivity contribution in [1.82, 2.24) is 4.31 Å². The molecule has 0 unspecified atom stereocenters. The molecule has 2 aromatic rings. The van der Waals surface area contributed by atoms with E-state index in [0.29, 0.717) is 29.9 Å². The number of sulfonamides is 1. The third kappa shape index (κ3) is 4.04. The van der Waals surface area contributed by atoms with Gasteiger partial charge in [-0.2, -0.15) is 4.31 Å². The van der Waals surface area contributed by atoms with Gasteiger partial charge in [0.15, 0.2) is 0 Å². The predicted molar refractivity (Wildman–Crippen MR) is 106 cm³/mol. The Kier molecular flexibility index (Phi) is 5.45. The Morgan fingerprint density at radius 1 is 1.08 bits per heavy atom. The Morgan fingerprint density at radius 2 is 1.72 bits per heavy atom. The van der Waals surface area contributed by atoms with Crippen molar-refractivity contribution in [1.29, 1.82) is 0 Å². The number of aryl methyl sites for hydroxylation is 1. The van der Waals surface area contributed by atoms with Gasteiger partial charge in [-0.1, -0.05) is 6.07 Å². The van der Waals surface area contributed by atoms with Crippen LogP contribution in [0.25, 0.3) is 0 Å². The summed E-state index contributed by atoms with van der Waals surface area (Å²) >= 11 is 2.19. The van der Waals surface area contributed by atoms with Crippen LogP contribution in [-0.4, -0.2) is 31.7 Å². The predicted octanol–water partition coefficient (Wildman–Crippen LogP) is 3.64. The molecular weight excluding hydrogens is 451 g/mol. The highest BCUT2D eigenvalue weighted by atomic mass is 127. The quantitative estimate of drug-likeness (QED) is 0.695. The van der Waals surface area contributed by atoms with Crippen LogP contribution in [0, 0.1) is 10.5 Å². The van der Waals surface area contributed by atoms with Crippen molar-refractivity contribution < 1.29 is 13.2 Å². The first-order chi connectivity index (χ1) is 11.9. The number of halogens is 1. The van der Waals surface area contributed by atoms with E-state index in [1.807, 2.05) is 24.3 Å². The zero-order valence-electron chi connectivity index (χ0n) is 13.8. The van der Waals surface area contributed by atoms with E-state index in [0.717, 1.165) is 16.4 Å². The number of hydrogen-bond acceptors (Lipinski definition) is 3. The van der Waals surface area contributed by atoms with Crippen LogP contribution >= 0.6 is 22.6 Å². The first kappa shape index (κ1) is 18.3. The lowest BCUT2D eigenvalue weighted by Crippen LogP contribution is -2.28. The molecule has 5 nitrogen and oxygen atoms in total. The fourth-order valence-electron chi connectivity index (χ4n) is 2.82. The number of carbonyl (C=O) groups excluding carboxylic acids is 1. The van der Waals surface area contributed by atoms with Crippen LogP contribution < -0.4 is 5.32 Å². The molecule has 0 atom stereocenters. The number of benzene rings is 2. The SMILES string of the molecule is Cc1ccc(C(=O)Nc2ccc(I)cc2)cc1S(=O)(=O)N1CCCC1. The molecule has 7 heteroatoms. The second kappa shape index (κ2) is 7.43. The minimum atomic E-state index is -3.55. The van der Waals surface area contributed by atoms with Gasteiger partial charge in [0.1, 0.15) is 0 Å². The average Bonchev–Trinajstić information content (AvgIpc) is 3.12. The number of amides is 1. The molecule has 0 aromatic heterocycles. The van der Waals surface area contributed by atoms with E-state index in [-0.39, 0.29) is 10.8 Å². The van der Waals surface area contributed by atoms with Gasteiger partial charge in [-0.05, 0) is 84.3 Å². The van der Waals surface area contributed by atoms with Gasteiger partial charge in [0.2, 0.25) is 10.0 Å². The molecular formula is C18H19IN2O3S. The maximum atomic E-state index is 12.8. The van der Waals surface area contributed by atoms with Crippen molar-refractivity contribution >= 4 is 44.2 Å². The van der Waals surface area contributed by atoms with Crippen LogP contribution in [0.2, 0.25) is 0 Å². The normalized spacial score (nSPS) is 15.3. The molecule has 1 N–H and O–H groups in total. The van der Waals surface area contributed by atoms with Crippen molar-refractivity contribution in [3.05, 3.63) is 57.2 Å². The highest BCUT2D eigenvalue weighted by Gasteiger charge is 2.29. The fraction of sp³-hybridized carbons (Fsp3) is 0.278. The summed E-state index contributed by atoms with van der Waals surface area (Å²) in [7, 11) is -3.55. The Labute approximate surface area is 161 Å². The Bertz CT molecular complexity index is 889. The van der Waals surface area contributed by atoms with Crippen molar-refractivity contribution in [2.45, 2.75) is 24.7 Å². The maximum Gasteiger partial charge on any atom is 0.255 e. The van der Waals surface area contributed by atoms with Gasteiger partial charge in [-0.3, -0.25) is 4.79 Å². The minimum absolute atomic E-state index is 0.213. The molecule has 0 spiro atoms. The lowest BCUT2D eigenvalue weighted by molar-refractivity contribution is 0.102. The highest BCUT2D eigenvalue weighted by molar-refractivity contribution is 14.1. The molecule has 132 valence electrons. The Morgan fingerprint density at radius 3 is 2.36 bits per heavy atom. The molecule has 0 saturated carbocycles. The topological polar surface area (TPSA) is 66.5 Å². The molecule has 0 radical (unpaired) electrons. The first-order valence-corrected chi connectivity index (χ1v) is 10.6. The number of carbonyl (C=O) groups is 1. The summed E-state index contributed by atoms with van der Waals surface area (Å²) in [6.07, 6.45) is 1.76. The molecule has 1 amide bonds. The molecule has 2 aromatic carbocycles. The largest absolute Gasteiger partial charge is 0.322 e. The van der Waals surface area contributed by atoms with Crippen LogP contribution in [0.3, 0.4) is 0 Å². The van der Waals surface area contributed by atoms with Gasteiger partial charge in [-0.25, -0.2) is 8.42 Å². The molecule has 1 aliphatic rings. The summed E-state index contributed by atoms with van der Waals surface area (Å²) in [4.78, 5) is 12.7. The number of anilines is 1. The van der Waals surface area contributed by atoms with Gasteiger partial charge >= 0.3 is 0 Å². The third-order valence-corrected chi connectivity index (χ3v) is 7.00. The molecule has 1 heterocycles. The lowest BCUT2D eigenvalue weighted by Gasteiger charge is -2.17. The van der Waals surface area contributed by atoms with E-state index < -0.39 is 10.0 Å². The van der Waals surface area contributed by atoms with Gasteiger partial charge < -0.3 is 5.32 Å². The summed E-state index contributed by atoms with van der Waals surface area (Å²) in [6.45, 7) is 2.84. The Balaban J connectivity index is 1.88. The maximum absolute atomic E-state index is 12.8. The third-order valence-electron chi connectivity index (χ3n) is 4.24. The van der Waals surface area contributed by atoms with Crippen LogP contribution in [0.15, 0.2) is 47.4 Å². The van der Waals surface area contributed by atoms with Crippen molar-refractivity contribution in [2.75, 3.05) is 18.4 Å². The van der Waals surface area contributed by atoms with Crippen molar-refractivity contribution in [3.63, 3.8) is 0 Å². The summed E-state index contributed by atoms with van der Waals surface area (Å²) in [5.74, 6) is -0.320. The van der Waals surface area contributed by atoms with E-state index >= 15 is 0 Å². The molecule has 0 aliphatic carbocycles. The zero-order valence-corrected chi connectivity index (χ0v) is 16.8. The van der Waals surface area contributed by atoms with Crippen LogP contribution in [0.4, 0.5) is 5.69 Å². The number of rotatable bonds is 4. The molecule has 25 heavy (non-hydrogen) atoms.